The molecule has 0 saturated heterocycles. The Morgan fingerprint density at radius 1 is 0.542 bits per heavy atom. The summed E-state index contributed by atoms with van der Waals surface area (Å²) in [6, 6.07) is 2.85. The fourth-order valence-corrected chi connectivity index (χ4v) is 7.03. The van der Waals surface area contributed by atoms with E-state index in [2.05, 4.69) is 11.8 Å². The van der Waals surface area contributed by atoms with Crippen LogP contribution in [0.4, 0.5) is 0 Å². The Bertz CT molecular complexity index is 375. The summed E-state index contributed by atoms with van der Waals surface area (Å²) in [6.45, 7) is 2.49. The lowest BCUT2D eigenvalue weighted by Gasteiger charge is -2.53. The van der Waals surface area contributed by atoms with Crippen molar-refractivity contribution in [3.63, 3.8) is 0 Å². The summed E-state index contributed by atoms with van der Waals surface area (Å²) in [4.78, 5) is 3.20. The van der Waals surface area contributed by atoms with Crippen LogP contribution in [0.2, 0.25) is 0 Å². The van der Waals surface area contributed by atoms with E-state index in [0.717, 1.165) is 35.9 Å². The zero-order chi connectivity index (χ0) is 16.4. The lowest BCUT2D eigenvalue weighted by atomic mass is 9.67. The molecule has 0 spiro atoms. The van der Waals surface area contributed by atoms with Crippen LogP contribution in [-0.2, 0) is 0 Å². The Labute approximate surface area is 151 Å². The van der Waals surface area contributed by atoms with Gasteiger partial charge in [0.1, 0.15) is 0 Å². The first-order valence-electron chi connectivity index (χ1n) is 11.6. The number of nitrogens with zero attached hydrogens (tertiary/aromatic N) is 1. The molecule has 0 radical (unpaired) electrons. The molecule has 24 heavy (non-hydrogen) atoms. The second-order valence-corrected chi connectivity index (χ2v) is 9.86. The average molecular weight is 332 g/mol. The van der Waals surface area contributed by atoms with Crippen LogP contribution in [-0.4, -0.2) is 23.0 Å². The van der Waals surface area contributed by atoms with Crippen LogP contribution >= 0.6 is 0 Å². The highest BCUT2D eigenvalue weighted by Crippen LogP contribution is 2.46. The van der Waals surface area contributed by atoms with Gasteiger partial charge >= 0.3 is 0 Å². The van der Waals surface area contributed by atoms with E-state index in [1.165, 1.54) is 83.5 Å². The van der Waals surface area contributed by atoms with Gasteiger partial charge in [0.05, 0.1) is 0 Å². The smallest absolute Gasteiger partial charge is 0.0132 e. The van der Waals surface area contributed by atoms with E-state index >= 15 is 0 Å². The van der Waals surface area contributed by atoms with Crippen molar-refractivity contribution in [3.8, 4) is 0 Å². The molecule has 4 aliphatic carbocycles. The summed E-state index contributed by atoms with van der Waals surface area (Å²) >= 11 is 0. The van der Waals surface area contributed by atoms with E-state index in [1.54, 1.807) is 19.3 Å². The maximum Gasteiger partial charge on any atom is 0.0132 e. The maximum atomic E-state index is 3.20. The molecule has 1 heteroatoms. The molecule has 4 rings (SSSR count). The van der Waals surface area contributed by atoms with Crippen molar-refractivity contribution in [2.75, 3.05) is 0 Å². The molecule has 4 fully saturated rings. The van der Waals surface area contributed by atoms with Crippen molar-refractivity contribution in [2.45, 2.75) is 128 Å². The average Bonchev–Trinajstić information content (AvgIpc) is 2.65. The van der Waals surface area contributed by atoms with E-state index in [9.17, 15) is 0 Å². The third-order valence-corrected chi connectivity index (χ3v) is 8.32. The molecule has 4 aliphatic rings. The van der Waals surface area contributed by atoms with Gasteiger partial charge in [0, 0.05) is 18.1 Å². The van der Waals surface area contributed by atoms with Crippen molar-refractivity contribution >= 4 is 0 Å². The first-order valence-corrected chi connectivity index (χ1v) is 11.6. The molecule has 0 heterocycles. The number of fused-ring (bicyclic) bond motifs is 1. The molecular formula is C23H41N. The van der Waals surface area contributed by atoms with Gasteiger partial charge in [0.2, 0.25) is 0 Å². The standard InChI is InChI=1S/C23H41N/c1-18-14-16-21(17-15-18)24(20-10-3-2-4-11-20)23-13-7-9-19-8-5-6-12-22(19)23/h18-23H,2-17H2,1H3. The van der Waals surface area contributed by atoms with Gasteiger partial charge in [-0.15, -0.1) is 0 Å². The van der Waals surface area contributed by atoms with Gasteiger partial charge in [-0.3, -0.25) is 4.90 Å². The topological polar surface area (TPSA) is 3.24 Å². The highest BCUT2D eigenvalue weighted by molar-refractivity contribution is 4.96. The van der Waals surface area contributed by atoms with E-state index < -0.39 is 0 Å². The van der Waals surface area contributed by atoms with Crippen LogP contribution in [0.15, 0.2) is 0 Å². The fraction of sp³-hybridized carbons (Fsp3) is 1.00. The number of hydrogen-bond donors (Lipinski definition) is 0. The molecule has 4 saturated carbocycles. The van der Waals surface area contributed by atoms with Crippen LogP contribution in [0.3, 0.4) is 0 Å². The quantitative estimate of drug-likeness (QED) is 0.566. The fourth-order valence-electron chi connectivity index (χ4n) is 7.03. The molecule has 0 aromatic heterocycles. The Hall–Kier alpha value is -0.0400. The first kappa shape index (κ1) is 17.4. The Balaban J connectivity index is 1.53. The van der Waals surface area contributed by atoms with E-state index in [0.29, 0.717) is 0 Å². The molecule has 0 aromatic carbocycles. The molecule has 0 N–H and O–H groups in total. The zero-order valence-corrected chi connectivity index (χ0v) is 16.2. The number of hydrogen-bond acceptors (Lipinski definition) is 1. The Kier molecular flexibility index (Phi) is 5.87. The van der Waals surface area contributed by atoms with Gasteiger partial charge in [0.25, 0.3) is 0 Å². The predicted molar refractivity (Wildman–Crippen MR) is 103 cm³/mol. The molecule has 3 unspecified atom stereocenters. The van der Waals surface area contributed by atoms with Gasteiger partial charge in [-0.05, 0) is 69.1 Å². The highest BCUT2D eigenvalue weighted by Gasteiger charge is 2.42. The van der Waals surface area contributed by atoms with Crippen molar-refractivity contribution in [1.29, 1.82) is 0 Å². The Morgan fingerprint density at radius 3 is 1.96 bits per heavy atom. The second-order valence-electron chi connectivity index (χ2n) is 9.86. The summed E-state index contributed by atoms with van der Waals surface area (Å²) in [6.07, 6.45) is 24.3. The minimum absolute atomic E-state index is 0.940. The van der Waals surface area contributed by atoms with Gasteiger partial charge in [-0.25, -0.2) is 0 Å². The summed E-state index contributed by atoms with van der Waals surface area (Å²) in [5, 5.41) is 0. The summed E-state index contributed by atoms with van der Waals surface area (Å²) < 4.78 is 0. The minimum Gasteiger partial charge on any atom is -0.294 e. The molecule has 1 nitrogen and oxygen atoms in total. The lowest BCUT2D eigenvalue weighted by molar-refractivity contribution is -0.0350. The lowest BCUT2D eigenvalue weighted by Crippen LogP contribution is -2.56. The van der Waals surface area contributed by atoms with E-state index in [1.807, 2.05) is 0 Å². The molecule has 138 valence electrons. The molecule has 3 atom stereocenters. The SMILES string of the molecule is CC1CCC(N(C2CCCCC2)C2CCCC3CCCCC32)CC1. The van der Waals surface area contributed by atoms with Crippen LogP contribution in [0, 0.1) is 17.8 Å². The summed E-state index contributed by atoms with van der Waals surface area (Å²) in [5.74, 6) is 3.14. The van der Waals surface area contributed by atoms with Crippen LogP contribution < -0.4 is 0 Å². The van der Waals surface area contributed by atoms with Gasteiger partial charge < -0.3 is 0 Å². The van der Waals surface area contributed by atoms with Crippen molar-refractivity contribution in [2.24, 2.45) is 17.8 Å². The third kappa shape index (κ3) is 3.71. The first-order chi connectivity index (χ1) is 11.8. The van der Waals surface area contributed by atoms with Crippen LogP contribution in [0.1, 0.15) is 110 Å². The van der Waals surface area contributed by atoms with E-state index in [4.69, 9.17) is 0 Å². The molecule has 0 bridgehead atoms. The Morgan fingerprint density at radius 2 is 1.17 bits per heavy atom. The maximum absolute atomic E-state index is 3.20. The van der Waals surface area contributed by atoms with Crippen LogP contribution in [0.25, 0.3) is 0 Å². The second kappa shape index (κ2) is 8.11. The van der Waals surface area contributed by atoms with Gasteiger partial charge in [0.15, 0.2) is 0 Å². The minimum atomic E-state index is 0.940. The van der Waals surface area contributed by atoms with Crippen molar-refractivity contribution < 1.29 is 0 Å². The van der Waals surface area contributed by atoms with Crippen LogP contribution in [0.5, 0.6) is 0 Å². The van der Waals surface area contributed by atoms with E-state index in [-0.39, 0.29) is 0 Å². The molecule has 0 aliphatic heterocycles. The van der Waals surface area contributed by atoms with Crippen molar-refractivity contribution in [1.82, 2.24) is 4.90 Å². The summed E-state index contributed by atoms with van der Waals surface area (Å²) in [7, 11) is 0. The predicted octanol–water partition coefficient (Wildman–Crippen LogP) is 6.56. The molecular weight excluding hydrogens is 290 g/mol. The molecule has 0 aromatic rings. The molecule has 0 amide bonds. The summed E-state index contributed by atoms with van der Waals surface area (Å²) in [5.41, 5.74) is 0. The zero-order valence-electron chi connectivity index (χ0n) is 16.2. The highest BCUT2D eigenvalue weighted by atomic mass is 15.2. The number of rotatable bonds is 3. The largest absolute Gasteiger partial charge is 0.294 e. The third-order valence-electron chi connectivity index (χ3n) is 8.32. The monoisotopic (exact) mass is 331 g/mol. The van der Waals surface area contributed by atoms with Crippen molar-refractivity contribution in [3.05, 3.63) is 0 Å². The van der Waals surface area contributed by atoms with Gasteiger partial charge in [-0.2, -0.15) is 0 Å². The van der Waals surface area contributed by atoms with Gasteiger partial charge in [-0.1, -0.05) is 58.3 Å². The normalized spacial score (nSPS) is 42.0.